The Labute approximate surface area is 194 Å². The van der Waals surface area contributed by atoms with Gasteiger partial charge in [0.25, 0.3) is 5.91 Å². The molecule has 7 heteroatoms. The van der Waals surface area contributed by atoms with Gasteiger partial charge in [0, 0.05) is 55.4 Å². The van der Waals surface area contributed by atoms with Gasteiger partial charge in [-0.05, 0) is 55.5 Å². The van der Waals surface area contributed by atoms with E-state index in [1.54, 1.807) is 0 Å². The number of rotatable bonds is 5. The van der Waals surface area contributed by atoms with Crippen LogP contribution in [0.5, 0.6) is 0 Å². The van der Waals surface area contributed by atoms with Crippen LogP contribution in [0.2, 0.25) is 5.02 Å². The smallest absolute Gasteiger partial charge is 0.317 e. The Hall–Kier alpha value is -2.57. The average molecular weight is 455 g/mol. The normalized spacial score (nSPS) is 18.3. The number of carbonyl (C=O) groups excluding carboxylic acids is 2. The lowest BCUT2D eigenvalue weighted by molar-refractivity contribution is 0.0917. The lowest BCUT2D eigenvalue weighted by Gasteiger charge is -2.36. The maximum Gasteiger partial charge on any atom is 0.317 e. The molecule has 4 rings (SSSR count). The van der Waals surface area contributed by atoms with E-state index in [2.05, 4.69) is 27.7 Å². The van der Waals surface area contributed by atoms with Gasteiger partial charge in [0.1, 0.15) is 0 Å². The van der Waals surface area contributed by atoms with E-state index in [4.69, 9.17) is 11.6 Å². The Morgan fingerprint density at radius 3 is 2.06 bits per heavy atom. The average Bonchev–Trinajstić information content (AvgIpc) is 2.83. The monoisotopic (exact) mass is 454 g/mol. The number of urea groups is 1. The Balaban J connectivity index is 1.15. The van der Waals surface area contributed by atoms with Gasteiger partial charge in [-0.3, -0.25) is 9.69 Å². The van der Waals surface area contributed by atoms with Crippen LogP contribution in [0, 0.1) is 0 Å². The van der Waals surface area contributed by atoms with Crippen LogP contribution in [-0.2, 0) is 6.54 Å². The van der Waals surface area contributed by atoms with Crippen LogP contribution in [0.25, 0.3) is 0 Å². The fraction of sp³-hybridized carbons (Fsp3) is 0.440. The summed E-state index contributed by atoms with van der Waals surface area (Å²) in [7, 11) is 0. The van der Waals surface area contributed by atoms with Crippen LogP contribution in [0.4, 0.5) is 4.79 Å². The third-order valence-corrected chi connectivity index (χ3v) is 6.64. The van der Waals surface area contributed by atoms with Crippen LogP contribution < -0.4 is 10.6 Å². The number of hydrogen-bond acceptors (Lipinski definition) is 3. The summed E-state index contributed by atoms with van der Waals surface area (Å²) in [6.07, 6.45) is 3.49. The summed E-state index contributed by atoms with van der Waals surface area (Å²) < 4.78 is 0. The van der Waals surface area contributed by atoms with Gasteiger partial charge in [-0.15, -0.1) is 0 Å². The highest BCUT2D eigenvalue weighted by Crippen LogP contribution is 2.17. The van der Waals surface area contributed by atoms with Crippen LogP contribution in [-0.4, -0.2) is 60.0 Å². The molecule has 2 aliphatic rings. The minimum absolute atomic E-state index is 0.0222. The molecular formula is C25H31ClN4O2. The molecule has 32 heavy (non-hydrogen) atoms. The largest absolute Gasteiger partial charge is 0.349 e. The number of hydrogen-bond donors (Lipinski definition) is 2. The molecule has 2 N–H and O–H groups in total. The van der Waals surface area contributed by atoms with Crippen molar-refractivity contribution in [2.45, 2.75) is 44.3 Å². The fourth-order valence-corrected chi connectivity index (χ4v) is 4.56. The highest BCUT2D eigenvalue weighted by molar-refractivity contribution is 6.30. The highest BCUT2D eigenvalue weighted by atomic mass is 35.5. The summed E-state index contributed by atoms with van der Waals surface area (Å²) in [6.45, 7) is 4.20. The minimum Gasteiger partial charge on any atom is -0.349 e. The van der Waals surface area contributed by atoms with Crippen LogP contribution >= 0.6 is 11.6 Å². The standard InChI is InChI=1S/C25H31ClN4O2/c26-21-8-6-19(7-9-21)18-29-14-10-23(11-15-29)28-25(32)30-16-12-22(13-17-30)27-24(31)20-4-2-1-3-5-20/h1-9,22-23H,10-18H2,(H,27,31)(H,28,32). The van der Waals surface area contributed by atoms with Crippen molar-refractivity contribution in [2.75, 3.05) is 26.2 Å². The number of likely N-dealkylation sites (tertiary alicyclic amines) is 2. The Bertz CT molecular complexity index is 890. The summed E-state index contributed by atoms with van der Waals surface area (Å²) in [5.41, 5.74) is 1.94. The molecule has 0 unspecified atom stereocenters. The zero-order valence-electron chi connectivity index (χ0n) is 18.3. The first-order valence-electron chi connectivity index (χ1n) is 11.4. The SMILES string of the molecule is O=C(NC1CCN(C(=O)NC2CCN(Cc3ccc(Cl)cc3)CC2)CC1)c1ccccc1. The van der Waals surface area contributed by atoms with E-state index in [0.717, 1.165) is 50.3 Å². The Morgan fingerprint density at radius 1 is 0.812 bits per heavy atom. The van der Waals surface area contributed by atoms with Gasteiger partial charge >= 0.3 is 6.03 Å². The van der Waals surface area contributed by atoms with Gasteiger partial charge in [0.2, 0.25) is 0 Å². The number of piperidine rings is 2. The molecule has 2 aromatic carbocycles. The maximum absolute atomic E-state index is 12.7. The number of nitrogens with zero attached hydrogens (tertiary/aromatic N) is 2. The van der Waals surface area contributed by atoms with E-state index in [1.165, 1.54) is 5.56 Å². The van der Waals surface area contributed by atoms with Gasteiger partial charge in [0.05, 0.1) is 0 Å². The number of halogens is 1. The van der Waals surface area contributed by atoms with Crippen molar-refractivity contribution in [1.29, 1.82) is 0 Å². The molecule has 0 atom stereocenters. The van der Waals surface area contributed by atoms with Crippen LogP contribution in [0.3, 0.4) is 0 Å². The van der Waals surface area contributed by atoms with Crippen LogP contribution in [0.1, 0.15) is 41.6 Å². The molecule has 2 heterocycles. The second-order valence-electron chi connectivity index (χ2n) is 8.73. The van der Waals surface area contributed by atoms with Gasteiger partial charge in [-0.1, -0.05) is 41.9 Å². The van der Waals surface area contributed by atoms with Gasteiger partial charge in [0.15, 0.2) is 0 Å². The van der Waals surface area contributed by atoms with E-state index in [9.17, 15) is 9.59 Å². The van der Waals surface area contributed by atoms with E-state index in [-0.39, 0.29) is 24.0 Å². The molecule has 2 aromatic rings. The molecule has 0 aliphatic carbocycles. The second-order valence-corrected chi connectivity index (χ2v) is 9.16. The summed E-state index contributed by atoms with van der Waals surface area (Å²) in [5, 5.41) is 7.07. The summed E-state index contributed by atoms with van der Waals surface area (Å²) in [6, 6.07) is 17.6. The molecule has 0 aromatic heterocycles. The van der Waals surface area contributed by atoms with E-state index >= 15 is 0 Å². The predicted octanol–water partition coefficient (Wildman–Crippen LogP) is 3.91. The Kier molecular flexibility index (Phi) is 7.66. The third-order valence-electron chi connectivity index (χ3n) is 6.39. The Morgan fingerprint density at radius 2 is 1.41 bits per heavy atom. The third kappa shape index (κ3) is 6.24. The summed E-state index contributed by atoms with van der Waals surface area (Å²) in [5.74, 6) is -0.0427. The maximum atomic E-state index is 12.7. The molecule has 2 fully saturated rings. The summed E-state index contributed by atoms with van der Waals surface area (Å²) in [4.78, 5) is 29.4. The first kappa shape index (κ1) is 22.6. The summed E-state index contributed by atoms with van der Waals surface area (Å²) >= 11 is 5.97. The molecule has 0 radical (unpaired) electrons. The molecular weight excluding hydrogens is 424 g/mol. The van der Waals surface area contributed by atoms with Crippen molar-refractivity contribution in [2.24, 2.45) is 0 Å². The minimum atomic E-state index is -0.0427. The molecule has 0 spiro atoms. The zero-order chi connectivity index (χ0) is 22.3. The van der Waals surface area contributed by atoms with Gasteiger partial charge < -0.3 is 15.5 Å². The topological polar surface area (TPSA) is 64.7 Å². The number of benzene rings is 2. The van der Waals surface area contributed by atoms with Crippen molar-refractivity contribution in [3.63, 3.8) is 0 Å². The van der Waals surface area contributed by atoms with E-state index in [1.807, 2.05) is 47.4 Å². The van der Waals surface area contributed by atoms with Crippen LogP contribution in [0.15, 0.2) is 54.6 Å². The lowest BCUT2D eigenvalue weighted by atomic mass is 10.0. The number of nitrogens with one attached hydrogen (secondary N) is 2. The fourth-order valence-electron chi connectivity index (χ4n) is 4.43. The molecule has 170 valence electrons. The van der Waals surface area contributed by atoms with E-state index in [0.29, 0.717) is 18.7 Å². The molecule has 6 nitrogen and oxygen atoms in total. The first-order valence-corrected chi connectivity index (χ1v) is 11.8. The molecule has 0 saturated carbocycles. The van der Waals surface area contributed by atoms with Crippen molar-refractivity contribution in [3.05, 3.63) is 70.7 Å². The van der Waals surface area contributed by atoms with E-state index < -0.39 is 0 Å². The second kappa shape index (κ2) is 10.8. The quantitative estimate of drug-likeness (QED) is 0.720. The van der Waals surface area contributed by atoms with Gasteiger partial charge in [-0.2, -0.15) is 0 Å². The molecule has 3 amide bonds. The molecule has 0 bridgehead atoms. The van der Waals surface area contributed by atoms with Crippen molar-refractivity contribution < 1.29 is 9.59 Å². The number of amides is 3. The lowest BCUT2D eigenvalue weighted by Crippen LogP contribution is -2.53. The first-order chi connectivity index (χ1) is 15.6. The van der Waals surface area contributed by atoms with Crippen molar-refractivity contribution >= 4 is 23.5 Å². The predicted molar refractivity (Wildman–Crippen MR) is 127 cm³/mol. The van der Waals surface area contributed by atoms with Crippen molar-refractivity contribution in [1.82, 2.24) is 20.4 Å². The van der Waals surface area contributed by atoms with Gasteiger partial charge in [-0.25, -0.2) is 4.79 Å². The number of carbonyl (C=O) groups is 2. The molecule has 2 saturated heterocycles. The van der Waals surface area contributed by atoms with Crippen molar-refractivity contribution in [3.8, 4) is 0 Å². The zero-order valence-corrected chi connectivity index (χ0v) is 19.1. The highest BCUT2D eigenvalue weighted by Gasteiger charge is 2.27. The molecule has 2 aliphatic heterocycles.